The van der Waals surface area contributed by atoms with E-state index in [-0.39, 0.29) is 5.82 Å². The molecule has 5 nitrogen and oxygen atoms in total. The van der Waals surface area contributed by atoms with Gasteiger partial charge in [0.2, 0.25) is 5.95 Å². The Morgan fingerprint density at radius 3 is 2.24 bits per heavy atom. The van der Waals surface area contributed by atoms with Crippen LogP contribution in [0.25, 0.3) is 0 Å². The third-order valence-electron chi connectivity index (χ3n) is 5.25. The van der Waals surface area contributed by atoms with Crippen LogP contribution in [-0.4, -0.2) is 42.7 Å². The molecule has 4 rings (SSSR count). The maximum absolute atomic E-state index is 14.1. The molecule has 1 aliphatic rings. The zero-order valence-corrected chi connectivity index (χ0v) is 16.9. The van der Waals surface area contributed by atoms with Crippen molar-refractivity contribution in [3.8, 4) is 0 Å². The van der Waals surface area contributed by atoms with Crippen LogP contribution in [0.3, 0.4) is 0 Å². The number of aryl methyl sites for hydroxylation is 1. The quantitative estimate of drug-likeness (QED) is 0.644. The van der Waals surface area contributed by atoms with Gasteiger partial charge in [-0.3, -0.25) is 0 Å². The zero-order valence-electron chi connectivity index (χ0n) is 16.9. The first-order chi connectivity index (χ1) is 14.2. The molecule has 0 saturated carbocycles. The Hall–Kier alpha value is -3.15. The number of hydrogen-bond donors (Lipinski definition) is 0. The third-order valence-corrected chi connectivity index (χ3v) is 5.25. The summed E-state index contributed by atoms with van der Waals surface area (Å²) >= 11 is 0. The molecule has 1 aliphatic heterocycles. The van der Waals surface area contributed by atoms with Crippen LogP contribution in [0.15, 0.2) is 60.7 Å². The predicted molar refractivity (Wildman–Crippen MR) is 117 cm³/mol. The molecule has 0 aliphatic carbocycles. The second-order valence-electron chi connectivity index (χ2n) is 7.17. The van der Waals surface area contributed by atoms with E-state index in [1.54, 1.807) is 6.07 Å². The maximum atomic E-state index is 14.1. The third kappa shape index (κ3) is 4.16. The first kappa shape index (κ1) is 19.2. The van der Waals surface area contributed by atoms with Crippen molar-refractivity contribution in [2.45, 2.75) is 13.8 Å². The summed E-state index contributed by atoms with van der Waals surface area (Å²) < 4.78 is 14.1. The van der Waals surface area contributed by atoms with Crippen LogP contribution >= 0.6 is 0 Å². The van der Waals surface area contributed by atoms with Crippen LogP contribution in [0.2, 0.25) is 0 Å². The first-order valence-electron chi connectivity index (χ1n) is 10.1. The van der Waals surface area contributed by atoms with Crippen LogP contribution in [0, 0.1) is 12.7 Å². The predicted octanol–water partition coefficient (Wildman–Crippen LogP) is 4.41. The number of benzene rings is 2. The number of aromatic nitrogens is 2. The van der Waals surface area contributed by atoms with Crippen LogP contribution in [0.1, 0.15) is 12.6 Å². The Labute approximate surface area is 171 Å². The minimum absolute atomic E-state index is 0.170. The number of halogens is 1. The number of nitrogens with zero attached hydrogens (tertiary/aromatic N) is 5. The molecule has 150 valence electrons. The summed E-state index contributed by atoms with van der Waals surface area (Å²) in [6, 6.07) is 19.3. The van der Waals surface area contributed by atoms with Gasteiger partial charge >= 0.3 is 0 Å². The fraction of sp³-hybridized carbons (Fsp3) is 0.304. The van der Waals surface area contributed by atoms with Gasteiger partial charge in [0.25, 0.3) is 0 Å². The summed E-state index contributed by atoms with van der Waals surface area (Å²) in [6.45, 7) is 7.94. The fourth-order valence-corrected chi connectivity index (χ4v) is 3.76. The Morgan fingerprint density at radius 1 is 0.897 bits per heavy atom. The van der Waals surface area contributed by atoms with Gasteiger partial charge in [0, 0.05) is 50.2 Å². The van der Waals surface area contributed by atoms with Crippen LogP contribution in [0.4, 0.5) is 27.5 Å². The highest BCUT2D eigenvalue weighted by Crippen LogP contribution is 2.26. The highest BCUT2D eigenvalue weighted by Gasteiger charge is 2.22. The lowest BCUT2D eigenvalue weighted by molar-refractivity contribution is 0.593. The Balaban J connectivity index is 1.53. The van der Waals surface area contributed by atoms with E-state index >= 15 is 0 Å². The van der Waals surface area contributed by atoms with E-state index in [9.17, 15) is 4.39 Å². The highest BCUT2D eigenvalue weighted by molar-refractivity contribution is 5.61. The van der Waals surface area contributed by atoms with Gasteiger partial charge in [-0.25, -0.2) is 9.37 Å². The number of para-hydroxylation sites is 2. The molecule has 2 heterocycles. The molecular weight excluding hydrogens is 365 g/mol. The zero-order chi connectivity index (χ0) is 20.2. The van der Waals surface area contributed by atoms with Crippen molar-refractivity contribution >= 4 is 23.1 Å². The summed E-state index contributed by atoms with van der Waals surface area (Å²) in [4.78, 5) is 16.0. The van der Waals surface area contributed by atoms with E-state index in [0.29, 0.717) is 5.69 Å². The van der Waals surface area contributed by atoms with Gasteiger partial charge in [0.1, 0.15) is 11.6 Å². The van der Waals surface area contributed by atoms with Crippen molar-refractivity contribution in [1.82, 2.24) is 9.97 Å². The second-order valence-corrected chi connectivity index (χ2v) is 7.17. The van der Waals surface area contributed by atoms with Crippen molar-refractivity contribution in [1.29, 1.82) is 0 Å². The average Bonchev–Trinajstić information content (AvgIpc) is 2.75. The van der Waals surface area contributed by atoms with Gasteiger partial charge < -0.3 is 14.7 Å². The lowest BCUT2D eigenvalue weighted by atomic mass is 10.2. The molecule has 0 radical (unpaired) electrons. The van der Waals surface area contributed by atoms with Gasteiger partial charge in [-0.2, -0.15) is 4.98 Å². The molecular formula is C23H26FN5. The van der Waals surface area contributed by atoms with E-state index < -0.39 is 0 Å². The van der Waals surface area contributed by atoms with Gasteiger partial charge in [-0.1, -0.05) is 30.3 Å². The molecule has 2 aromatic carbocycles. The largest absolute Gasteiger partial charge is 0.366 e. The summed E-state index contributed by atoms with van der Waals surface area (Å²) in [5.74, 6) is 1.47. The second kappa shape index (κ2) is 8.47. The highest BCUT2D eigenvalue weighted by atomic mass is 19.1. The minimum atomic E-state index is -0.170. The van der Waals surface area contributed by atoms with Gasteiger partial charge in [0.05, 0.1) is 5.69 Å². The summed E-state index contributed by atoms with van der Waals surface area (Å²) in [5.41, 5.74) is 2.72. The molecule has 0 spiro atoms. The summed E-state index contributed by atoms with van der Waals surface area (Å²) in [5, 5.41) is 0. The Bertz CT molecular complexity index is 954. The topological polar surface area (TPSA) is 35.5 Å². The molecule has 0 atom stereocenters. The molecule has 0 bridgehead atoms. The smallest absolute Gasteiger partial charge is 0.227 e. The van der Waals surface area contributed by atoms with Crippen molar-refractivity contribution in [3.05, 3.63) is 72.2 Å². The van der Waals surface area contributed by atoms with Crippen LogP contribution in [0.5, 0.6) is 0 Å². The molecule has 0 amide bonds. The van der Waals surface area contributed by atoms with E-state index in [0.717, 1.165) is 55.9 Å². The Kier molecular flexibility index (Phi) is 5.60. The molecule has 29 heavy (non-hydrogen) atoms. The standard InChI is InChI=1S/C23H26FN5/c1-3-29(19-9-5-4-6-10-19)22-17-18(2)25-23(26-22)28-15-13-27(14-16-28)21-12-8-7-11-20(21)24/h4-12,17H,3,13-16H2,1-2H3. The summed E-state index contributed by atoms with van der Waals surface area (Å²) in [6.07, 6.45) is 0. The monoisotopic (exact) mass is 391 g/mol. The summed E-state index contributed by atoms with van der Waals surface area (Å²) in [7, 11) is 0. The van der Waals surface area contributed by atoms with E-state index in [1.165, 1.54) is 6.07 Å². The van der Waals surface area contributed by atoms with Crippen LogP contribution < -0.4 is 14.7 Å². The normalized spacial score (nSPS) is 14.2. The number of rotatable bonds is 5. The first-order valence-corrected chi connectivity index (χ1v) is 10.1. The molecule has 1 saturated heterocycles. The average molecular weight is 391 g/mol. The molecule has 0 N–H and O–H groups in total. The van der Waals surface area contributed by atoms with E-state index in [4.69, 9.17) is 4.98 Å². The SMILES string of the molecule is CCN(c1ccccc1)c1cc(C)nc(N2CCN(c3ccccc3F)CC2)n1. The van der Waals surface area contributed by atoms with Gasteiger partial charge in [-0.05, 0) is 38.1 Å². The molecule has 6 heteroatoms. The van der Waals surface area contributed by atoms with Gasteiger partial charge in [0.15, 0.2) is 0 Å². The molecule has 1 fully saturated rings. The van der Waals surface area contributed by atoms with E-state index in [1.807, 2.05) is 43.3 Å². The fourth-order valence-electron chi connectivity index (χ4n) is 3.76. The van der Waals surface area contributed by atoms with E-state index in [2.05, 4.69) is 38.7 Å². The van der Waals surface area contributed by atoms with Crippen molar-refractivity contribution in [2.75, 3.05) is 47.4 Å². The lowest BCUT2D eigenvalue weighted by Crippen LogP contribution is -2.47. The molecule has 0 unspecified atom stereocenters. The maximum Gasteiger partial charge on any atom is 0.227 e. The van der Waals surface area contributed by atoms with Crippen molar-refractivity contribution < 1.29 is 4.39 Å². The van der Waals surface area contributed by atoms with Crippen molar-refractivity contribution in [2.24, 2.45) is 0 Å². The van der Waals surface area contributed by atoms with Crippen molar-refractivity contribution in [3.63, 3.8) is 0 Å². The number of piperazine rings is 1. The number of hydrogen-bond acceptors (Lipinski definition) is 5. The van der Waals surface area contributed by atoms with Gasteiger partial charge in [-0.15, -0.1) is 0 Å². The minimum Gasteiger partial charge on any atom is -0.366 e. The van der Waals surface area contributed by atoms with Crippen LogP contribution in [-0.2, 0) is 0 Å². The molecule has 3 aromatic rings. The lowest BCUT2D eigenvalue weighted by Gasteiger charge is -2.36. The molecule has 1 aromatic heterocycles. The Morgan fingerprint density at radius 2 is 1.55 bits per heavy atom. The number of anilines is 4.